The molecule has 1 aromatic heterocycles. The molecule has 2 atom stereocenters. The van der Waals surface area contributed by atoms with Gasteiger partial charge in [-0.1, -0.05) is 0 Å². The maximum absolute atomic E-state index is 11.5. The highest BCUT2D eigenvalue weighted by atomic mass is 16.5. The van der Waals surface area contributed by atoms with Crippen LogP contribution in [0.25, 0.3) is 0 Å². The fraction of sp³-hybridized carbons (Fsp3) is 0.615. The van der Waals surface area contributed by atoms with E-state index in [1.807, 2.05) is 13.8 Å². The molecule has 1 aliphatic rings. The second kappa shape index (κ2) is 5.97. The van der Waals surface area contributed by atoms with Gasteiger partial charge in [0.15, 0.2) is 11.5 Å². The van der Waals surface area contributed by atoms with Gasteiger partial charge in [0.2, 0.25) is 0 Å². The Morgan fingerprint density at radius 2 is 2.05 bits per heavy atom. The van der Waals surface area contributed by atoms with Crippen LogP contribution in [0.2, 0.25) is 0 Å². The molecule has 0 saturated carbocycles. The Balaban J connectivity index is 2.07. The average molecular weight is 265 g/mol. The van der Waals surface area contributed by atoms with Crippen molar-refractivity contribution in [3.63, 3.8) is 0 Å². The van der Waals surface area contributed by atoms with Crippen LogP contribution < -0.4 is 4.90 Å². The fourth-order valence-corrected chi connectivity index (χ4v) is 2.17. The number of rotatable bonds is 3. The number of carbonyl (C=O) groups excluding carboxylic acids is 1. The smallest absolute Gasteiger partial charge is 0.358 e. The quantitative estimate of drug-likeness (QED) is 0.767. The molecular formula is C13H19N3O3. The molecule has 19 heavy (non-hydrogen) atoms. The van der Waals surface area contributed by atoms with Gasteiger partial charge in [-0.05, 0) is 32.9 Å². The lowest BCUT2D eigenvalue weighted by Crippen LogP contribution is -2.45. The lowest BCUT2D eigenvalue weighted by Gasteiger charge is -2.35. The number of aromatic nitrogens is 2. The molecule has 6 nitrogen and oxygen atoms in total. The number of hydrogen-bond donors (Lipinski definition) is 0. The molecular weight excluding hydrogens is 246 g/mol. The van der Waals surface area contributed by atoms with Gasteiger partial charge in [0.25, 0.3) is 0 Å². The van der Waals surface area contributed by atoms with Gasteiger partial charge in [-0.25, -0.2) is 4.79 Å². The van der Waals surface area contributed by atoms with Crippen molar-refractivity contribution < 1.29 is 14.3 Å². The highest BCUT2D eigenvalue weighted by molar-refractivity contribution is 5.87. The van der Waals surface area contributed by atoms with E-state index in [4.69, 9.17) is 9.47 Å². The Morgan fingerprint density at radius 3 is 2.58 bits per heavy atom. The summed E-state index contributed by atoms with van der Waals surface area (Å²) in [6, 6.07) is 3.44. The third kappa shape index (κ3) is 3.41. The normalized spacial score (nSPS) is 23.2. The molecule has 0 aliphatic carbocycles. The SMILES string of the molecule is CCOC(=O)c1ccc(N2C[C@@H](C)O[C@@H](C)C2)nn1. The Morgan fingerprint density at radius 1 is 1.37 bits per heavy atom. The van der Waals surface area contributed by atoms with Crippen molar-refractivity contribution in [2.75, 3.05) is 24.6 Å². The summed E-state index contributed by atoms with van der Waals surface area (Å²) in [5.41, 5.74) is 0.236. The van der Waals surface area contributed by atoms with Crippen LogP contribution in [-0.2, 0) is 9.47 Å². The summed E-state index contributed by atoms with van der Waals surface area (Å²) in [5.74, 6) is 0.320. The third-order valence-corrected chi connectivity index (χ3v) is 2.88. The molecule has 1 saturated heterocycles. The first-order valence-corrected chi connectivity index (χ1v) is 6.51. The van der Waals surface area contributed by atoms with Crippen LogP contribution in [0.1, 0.15) is 31.3 Å². The van der Waals surface area contributed by atoms with Crippen molar-refractivity contribution in [2.45, 2.75) is 33.0 Å². The van der Waals surface area contributed by atoms with Crippen LogP contribution in [0, 0.1) is 0 Å². The fourth-order valence-electron chi connectivity index (χ4n) is 2.17. The number of esters is 1. The predicted molar refractivity (Wildman–Crippen MR) is 70.2 cm³/mol. The number of carbonyl (C=O) groups is 1. The molecule has 0 amide bonds. The monoisotopic (exact) mass is 265 g/mol. The maximum atomic E-state index is 11.5. The molecule has 0 spiro atoms. The molecule has 6 heteroatoms. The summed E-state index contributed by atoms with van der Waals surface area (Å²) in [4.78, 5) is 13.6. The molecule has 1 fully saturated rings. The Hall–Kier alpha value is -1.69. The molecule has 0 N–H and O–H groups in total. The zero-order valence-electron chi connectivity index (χ0n) is 11.5. The lowest BCUT2D eigenvalue weighted by molar-refractivity contribution is -0.00552. The van der Waals surface area contributed by atoms with E-state index < -0.39 is 5.97 Å². The average Bonchev–Trinajstić information content (AvgIpc) is 2.38. The zero-order valence-corrected chi connectivity index (χ0v) is 11.5. The van der Waals surface area contributed by atoms with Gasteiger partial charge in [0, 0.05) is 13.1 Å². The first-order valence-electron chi connectivity index (χ1n) is 6.51. The van der Waals surface area contributed by atoms with Gasteiger partial charge < -0.3 is 14.4 Å². The first-order chi connectivity index (χ1) is 9.10. The summed E-state index contributed by atoms with van der Waals surface area (Å²) >= 11 is 0. The number of morpholine rings is 1. The van der Waals surface area contributed by atoms with E-state index in [0.717, 1.165) is 18.9 Å². The van der Waals surface area contributed by atoms with Crippen molar-refractivity contribution >= 4 is 11.8 Å². The number of hydrogen-bond acceptors (Lipinski definition) is 6. The molecule has 2 heterocycles. The molecule has 0 bridgehead atoms. The maximum Gasteiger partial charge on any atom is 0.358 e. The largest absolute Gasteiger partial charge is 0.461 e. The highest BCUT2D eigenvalue weighted by Gasteiger charge is 2.23. The minimum atomic E-state index is -0.440. The molecule has 0 aromatic carbocycles. The van der Waals surface area contributed by atoms with Gasteiger partial charge in [-0.15, -0.1) is 10.2 Å². The minimum Gasteiger partial charge on any atom is -0.461 e. The van der Waals surface area contributed by atoms with Crippen LogP contribution in [0.5, 0.6) is 0 Å². The second-order valence-electron chi connectivity index (χ2n) is 4.66. The summed E-state index contributed by atoms with van der Waals surface area (Å²) in [6.07, 6.45) is 0.325. The van der Waals surface area contributed by atoms with Gasteiger partial charge in [-0.2, -0.15) is 0 Å². The van der Waals surface area contributed by atoms with Crippen molar-refractivity contribution in [3.8, 4) is 0 Å². The van der Waals surface area contributed by atoms with Crippen LogP contribution in [-0.4, -0.2) is 48.1 Å². The molecule has 1 aliphatic heterocycles. The van der Waals surface area contributed by atoms with Crippen molar-refractivity contribution in [1.82, 2.24) is 10.2 Å². The van der Waals surface area contributed by atoms with E-state index in [-0.39, 0.29) is 17.9 Å². The van der Waals surface area contributed by atoms with Crippen LogP contribution in [0.15, 0.2) is 12.1 Å². The summed E-state index contributed by atoms with van der Waals surface area (Å²) in [5, 5.41) is 8.01. The molecule has 104 valence electrons. The van der Waals surface area contributed by atoms with E-state index in [9.17, 15) is 4.79 Å². The van der Waals surface area contributed by atoms with Gasteiger partial charge >= 0.3 is 5.97 Å². The Labute approximate surface area is 112 Å². The minimum absolute atomic E-state index is 0.162. The van der Waals surface area contributed by atoms with Crippen molar-refractivity contribution in [3.05, 3.63) is 17.8 Å². The number of nitrogens with zero attached hydrogens (tertiary/aromatic N) is 3. The molecule has 0 unspecified atom stereocenters. The number of ether oxygens (including phenoxy) is 2. The van der Waals surface area contributed by atoms with E-state index in [1.54, 1.807) is 19.1 Å². The van der Waals surface area contributed by atoms with Crippen LogP contribution >= 0.6 is 0 Å². The summed E-state index contributed by atoms with van der Waals surface area (Å²) < 4.78 is 10.5. The molecule has 2 rings (SSSR count). The first kappa shape index (κ1) is 13.7. The van der Waals surface area contributed by atoms with Gasteiger partial charge in [-0.3, -0.25) is 0 Å². The predicted octanol–water partition coefficient (Wildman–Crippen LogP) is 1.27. The van der Waals surface area contributed by atoms with E-state index in [0.29, 0.717) is 6.61 Å². The van der Waals surface area contributed by atoms with Gasteiger partial charge in [0.1, 0.15) is 0 Å². The topological polar surface area (TPSA) is 64.5 Å². The Kier molecular flexibility index (Phi) is 4.31. The standard InChI is InChI=1S/C13H19N3O3/c1-4-18-13(17)11-5-6-12(15-14-11)16-7-9(2)19-10(3)8-16/h5-6,9-10H,4,7-8H2,1-3H3/t9-,10+. The molecule has 1 aromatic rings. The number of anilines is 1. The molecule has 0 radical (unpaired) electrons. The van der Waals surface area contributed by atoms with Crippen molar-refractivity contribution in [2.24, 2.45) is 0 Å². The van der Waals surface area contributed by atoms with Crippen LogP contribution in [0.3, 0.4) is 0 Å². The van der Waals surface area contributed by atoms with E-state index in [2.05, 4.69) is 15.1 Å². The summed E-state index contributed by atoms with van der Waals surface area (Å²) in [7, 11) is 0. The van der Waals surface area contributed by atoms with E-state index >= 15 is 0 Å². The van der Waals surface area contributed by atoms with Gasteiger partial charge in [0.05, 0.1) is 18.8 Å². The summed E-state index contributed by atoms with van der Waals surface area (Å²) in [6.45, 7) is 7.71. The van der Waals surface area contributed by atoms with E-state index in [1.165, 1.54) is 0 Å². The third-order valence-electron chi connectivity index (χ3n) is 2.88. The van der Waals surface area contributed by atoms with Crippen LogP contribution in [0.4, 0.5) is 5.82 Å². The highest BCUT2D eigenvalue weighted by Crippen LogP contribution is 2.17. The zero-order chi connectivity index (χ0) is 13.8. The Bertz CT molecular complexity index is 425. The van der Waals surface area contributed by atoms with Crippen molar-refractivity contribution in [1.29, 1.82) is 0 Å². The lowest BCUT2D eigenvalue weighted by atomic mass is 10.2. The second-order valence-corrected chi connectivity index (χ2v) is 4.66.